The smallest absolute Gasteiger partial charge is 0.158 e. The third kappa shape index (κ3) is 8.18. The van der Waals surface area contributed by atoms with Crippen molar-refractivity contribution in [2.45, 2.75) is 45.6 Å². The average Bonchev–Trinajstić information content (AvgIpc) is 2.44. The molecule has 0 aromatic carbocycles. The Morgan fingerprint density at radius 2 is 1.50 bits per heavy atom. The molecule has 1 fully saturated rings. The van der Waals surface area contributed by atoms with Crippen molar-refractivity contribution >= 4 is 9.76 Å². The molecule has 1 saturated carbocycles. The van der Waals surface area contributed by atoms with Gasteiger partial charge < -0.3 is 4.43 Å². The molecule has 0 aromatic heterocycles. The van der Waals surface area contributed by atoms with Crippen LogP contribution in [0.15, 0.2) is 0 Å². The molecule has 0 radical (unpaired) electrons. The first-order valence-corrected chi connectivity index (χ1v) is 6.48. The van der Waals surface area contributed by atoms with Crippen LogP contribution >= 0.6 is 0 Å². The third-order valence-corrected chi connectivity index (χ3v) is 2.47. The summed E-state index contributed by atoms with van der Waals surface area (Å²) >= 11 is 0. The van der Waals surface area contributed by atoms with Gasteiger partial charge in [0.2, 0.25) is 0 Å². The van der Waals surface area contributed by atoms with Crippen LogP contribution in [0.1, 0.15) is 39.0 Å². The summed E-state index contributed by atoms with van der Waals surface area (Å²) in [7, 11) is -0.0860. The van der Waals surface area contributed by atoms with Crippen molar-refractivity contribution in [3.63, 3.8) is 0 Å². The van der Waals surface area contributed by atoms with Gasteiger partial charge in [-0.05, 0) is 6.92 Å². The van der Waals surface area contributed by atoms with E-state index >= 15 is 0 Å². The second-order valence-corrected chi connectivity index (χ2v) is 3.53. The van der Waals surface area contributed by atoms with Gasteiger partial charge in [0.25, 0.3) is 0 Å². The molecule has 1 nitrogen and oxygen atoms in total. The molecule has 1 aliphatic rings. The van der Waals surface area contributed by atoms with Gasteiger partial charge in [-0.1, -0.05) is 38.7 Å². The Morgan fingerprint density at radius 1 is 1.10 bits per heavy atom. The molecule has 1 rings (SSSR count). The summed E-state index contributed by atoms with van der Waals surface area (Å²) in [5, 5.41) is 0. The summed E-state index contributed by atoms with van der Waals surface area (Å²) in [6.45, 7) is 5.06. The third-order valence-electron chi connectivity index (χ3n) is 1.66. The summed E-state index contributed by atoms with van der Waals surface area (Å²) in [6, 6.07) is 0. The fourth-order valence-corrected chi connectivity index (χ4v) is 1.50. The van der Waals surface area contributed by atoms with Crippen LogP contribution in [0.3, 0.4) is 0 Å². The van der Waals surface area contributed by atoms with Crippen LogP contribution < -0.4 is 0 Å². The lowest BCUT2D eigenvalue weighted by molar-refractivity contribution is 0.364. The van der Waals surface area contributed by atoms with E-state index in [0.29, 0.717) is 0 Å². The molecule has 0 N–H and O–H groups in total. The topological polar surface area (TPSA) is 9.23 Å². The lowest BCUT2D eigenvalue weighted by Gasteiger charge is -1.86. The molecule has 1 aliphatic carbocycles. The maximum Gasteiger partial charge on any atom is 0.158 e. The zero-order valence-corrected chi connectivity index (χ0v) is 8.77. The van der Waals surface area contributed by atoms with E-state index in [1.54, 1.807) is 0 Å². The molecule has 2 heteroatoms. The van der Waals surface area contributed by atoms with Crippen LogP contribution in [0.5, 0.6) is 0 Å². The quantitative estimate of drug-likeness (QED) is 0.562. The second-order valence-electron chi connectivity index (χ2n) is 2.55. The fourth-order valence-electron chi connectivity index (χ4n) is 1.09. The van der Waals surface area contributed by atoms with Gasteiger partial charge in [-0.15, -0.1) is 0 Å². The monoisotopic (exact) mass is 160 g/mol. The van der Waals surface area contributed by atoms with Crippen LogP contribution in [-0.2, 0) is 4.43 Å². The molecule has 0 aliphatic heterocycles. The number of hydrogen-bond acceptors (Lipinski definition) is 1. The Balaban J connectivity index is 0.000000162. The molecule has 0 amide bonds. The van der Waals surface area contributed by atoms with Gasteiger partial charge in [0.05, 0.1) is 0 Å². The first-order valence-electron chi connectivity index (χ1n) is 4.49. The van der Waals surface area contributed by atoms with E-state index in [0.717, 1.165) is 6.61 Å². The first-order chi connectivity index (χ1) is 4.91. The minimum Gasteiger partial charge on any atom is -0.425 e. The number of hydrogen-bond donors (Lipinski definition) is 0. The summed E-state index contributed by atoms with van der Waals surface area (Å²) in [4.78, 5) is 0. The van der Waals surface area contributed by atoms with Crippen LogP contribution in [-0.4, -0.2) is 16.4 Å². The Kier molecular flexibility index (Phi) is 9.34. The zero-order chi connectivity index (χ0) is 7.66. The lowest BCUT2D eigenvalue weighted by atomic mass is 10.4. The van der Waals surface area contributed by atoms with Crippen LogP contribution in [0.2, 0.25) is 6.55 Å². The Bertz CT molecular complexity index is 43.6. The normalized spacial score (nSPS) is 17.4. The average molecular weight is 160 g/mol. The maximum atomic E-state index is 4.97. The predicted octanol–water partition coefficient (Wildman–Crippen LogP) is 2.11. The number of rotatable bonds is 2. The van der Waals surface area contributed by atoms with E-state index in [4.69, 9.17) is 4.43 Å². The Hall–Kier alpha value is 0.177. The van der Waals surface area contributed by atoms with Crippen molar-refractivity contribution in [2.75, 3.05) is 6.61 Å². The molecule has 0 bridgehead atoms. The van der Waals surface area contributed by atoms with E-state index in [9.17, 15) is 0 Å². The first kappa shape index (κ1) is 10.2. The molecular formula is C8H20OSi. The van der Waals surface area contributed by atoms with E-state index < -0.39 is 0 Å². The van der Waals surface area contributed by atoms with Gasteiger partial charge in [0, 0.05) is 6.61 Å². The molecule has 0 unspecified atom stereocenters. The van der Waals surface area contributed by atoms with Gasteiger partial charge in [-0.25, -0.2) is 0 Å². The predicted molar refractivity (Wildman–Crippen MR) is 49.1 cm³/mol. The van der Waals surface area contributed by atoms with Crippen molar-refractivity contribution in [2.24, 2.45) is 0 Å². The van der Waals surface area contributed by atoms with Crippen molar-refractivity contribution in [3.8, 4) is 0 Å². The minimum atomic E-state index is -0.0860. The Morgan fingerprint density at radius 3 is 1.60 bits per heavy atom. The SMILES string of the molecule is C1CCCC1.CCO[SiH2]C. The molecule has 62 valence electrons. The molecule has 10 heavy (non-hydrogen) atoms. The van der Waals surface area contributed by atoms with Crippen LogP contribution in [0, 0.1) is 0 Å². The molecule has 0 spiro atoms. The van der Waals surface area contributed by atoms with Gasteiger partial charge in [0.1, 0.15) is 0 Å². The molecular weight excluding hydrogens is 140 g/mol. The van der Waals surface area contributed by atoms with Crippen molar-refractivity contribution in [1.29, 1.82) is 0 Å². The molecule has 0 atom stereocenters. The summed E-state index contributed by atoms with van der Waals surface area (Å²) in [5.74, 6) is 0. The molecule has 0 aromatic rings. The molecule has 0 heterocycles. The highest BCUT2D eigenvalue weighted by Gasteiger charge is 1.95. The van der Waals surface area contributed by atoms with Gasteiger partial charge in [-0.3, -0.25) is 0 Å². The van der Waals surface area contributed by atoms with E-state index in [1.165, 1.54) is 32.1 Å². The summed E-state index contributed by atoms with van der Waals surface area (Å²) in [5.41, 5.74) is 0. The highest BCUT2D eigenvalue weighted by Crippen LogP contribution is 2.15. The molecule has 0 saturated heterocycles. The van der Waals surface area contributed by atoms with Gasteiger partial charge in [0.15, 0.2) is 9.76 Å². The van der Waals surface area contributed by atoms with Crippen molar-refractivity contribution in [3.05, 3.63) is 0 Å². The van der Waals surface area contributed by atoms with Gasteiger partial charge in [-0.2, -0.15) is 0 Å². The minimum absolute atomic E-state index is 0.0860. The summed E-state index contributed by atoms with van der Waals surface area (Å²) < 4.78 is 4.97. The lowest BCUT2D eigenvalue weighted by Crippen LogP contribution is -1.88. The second kappa shape index (κ2) is 9.18. The Labute approximate surface area is 67.1 Å². The van der Waals surface area contributed by atoms with Crippen LogP contribution in [0.25, 0.3) is 0 Å². The van der Waals surface area contributed by atoms with Crippen molar-refractivity contribution < 1.29 is 4.43 Å². The van der Waals surface area contributed by atoms with E-state index in [1.807, 2.05) is 6.92 Å². The van der Waals surface area contributed by atoms with E-state index in [-0.39, 0.29) is 9.76 Å². The van der Waals surface area contributed by atoms with Crippen molar-refractivity contribution in [1.82, 2.24) is 0 Å². The highest BCUT2D eigenvalue weighted by molar-refractivity contribution is 6.24. The standard InChI is InChI=1S/C5H10.C3H10OSi/c1-2-4-5-3-1;1-3-4-5-2/h1-5H2;3,5H2,1-2H3. The van der Waals surface area contributed by atoms with Gasteiger partial charge >= 0.3 is 0 Å². The summed E-state index contributed by atoms with van der Waals surface area (Å²) in [6.07, 6.45) is 7.50. The van der Waals surface area contributed by atoms with Crippen LogP contribution in [0.4, 0.5) is 0 Å². The van der Waals surface area contributed by atoms with E-state index in [2.05, 4.69) is 6.55 Å². The zero-order valence-electron chi connectivity index (χ0n) is 7.36. The highest BCUT2D eigenvalue weighted by atomic mass is 28.2. The largest absolute Gasteiger partial charge is 0.425 e. The maximum absolute atomic E-state index is 4.97. The fraction of sp³-hybridized carbons (Fsp3) is 1.00.